The molecule has 3 N–H and O–H groups in total. The second-order valence-electron chi connectivity index (χ2n) is 5.22. The van der Waals surface area contributed by atoms with Crippen LogP contribution < -0.4 is 20.5 Å². The Balaban J connectivity index is 2.30. The highest BCUT2D eigenvalue weighted by Crippen LogP contribution is 2.46. The number of pyridine rings is 2. The number of halogens is 2. The van der Waals surface area contributed by atoms with Gasteiger partial charge in [-0.25, -0.2) is 9.97 Å². The maximum atomic E-state index is 6.46. The van der Waals surface area contributed by atoms with Gasteiger partial charge in [-0.2, -0.15) is 0 Å². The van der Waals surface area contributed by atoms with Gasteiger partial charge in [-0.1, -0.05) is 23.2 Å². The number of nitrogens with one attached hydrogen (secondary N) is 1. The summed E-state index contributed by atoms with van der Waals surface area (Å²) in [5.74, 6) is 1.91. The first-order valence-corrected chi connectivity index (χ1v) is 8.10. The van der Waals surface area contributed by atoms with E-state index in [0.717, 1.165) is 10.8 Å². The van der Waals surface area contributed by atoms with Crippen molar-refractivity contribution in [3.63, 3.8) is 0 Å². The van der Waals surface area contributed by atoms with Gasteiger partial charge < -0.3 is 20.5 Å². The zero-order chi connectivity index (χ0) is 18.1. The Morgan fingerprint density at radius 2 is 1.68 bits per heavy atom. The van der Waals surface area contributed by atoms with Crippen molar-refractivity contribution in [1.82, 2.24) is 9.97 Å². The standard InChI is InChI=1S/C17H16Cl2N4O2/c1-21-13-5-9-8(7-22-13)4-10(23-17(9)20)14-15(18)11(24-2)6-12(25-3)16(14)19/h4-7H,1-3H3,(H2,20,23)(H,21,22). The summed E-state index contributed by atoms with van der Waals surface area (Å²) in [6, 6.07) is 5.28. The SMILES string of the molecule is CNc1cc2c(N)nc(-c3c(Cl)c(OC)cc(OC)c3Cl)cc2cn1. The lowest BCUT2D eigenvalue weighted by Gasteiger charge is -2.15. The molecule has 0 atom stereocenters. The molecule has 0 unspecified atom stereocenters. The predicted octanol–water partition coefficient (Wildman–Crippen LogP) is 4.24. The highest BCUT2D eigenvalue weighted by Gasteiger charge is 2.20. The second kappa shape index (κ2) is 6.82. The number of anilines is 2. The van der Waals surface area contributed by atoms with Crippen LogP contribution in [0.2, 0.25) is 10.0 Å². The van der Waals surface area contributed by atoms with Gasteiger partial charge >= 0.3 is 0 Å². The van der Waals surface area contributed by atoms with Crippen LogP contribution in [0.5, 0.6) is 11.5 Å². The van der Waals surface area contributed by atoms with E-state index >= 15 is 0 Å². The minimum atomic E-state index is 0.333. The fourth-order valence-corrected chi connectivity index (χ4v) is 3.24. The number of rotatable bonds is 4. The maximum Gasteiger partial charge on any atom is 0.141 e. The molecule has 25 heavy (non-hydrogen) atoms. The van der Waals surface area contributed by atoms with Gasteiger partial charge in [0.1, 0.15) is 23.1 Å². The zero-order valence-corrected chi connectivity index (χ0v) is 15.4. The van der Waals surface area contributed by atoms with Crippen molar-refractivity contribution in [1.29, 1.82) is 0 Å². The van der Waals surface area contributed by atoms with E-state index in [9.17, 15) is 0 Å². The molecule has 0 aliphatic heterocycles. The summed E-state index contributed by atoms with van der Waals surface area (Å²) < 4.78 is 10.6. The van der Waals surface area contributed by atoms with Gasteiger partial charge in [0.2, 0.25) is 0 Å². The maximum absolute atomic E-state index is 6.46. The van der Waals surface area contributed by atoms with E-state index in [1.807, 2.05) is 12.1 Å². The molecule has 2 aromatic heterocycles. The Morgan fingerprint density at radius 3 is 2.24 bits per heavy atom. The average molecular weight is 379 g/mol. The Bertz CT molecular complexity index is 935. The van der Waals surface area contributed by atoms with Gasteiger partial charge in [0.25, 0.3) is 0 Å². The smallest absolute Gasteiger partial charge is 0.141 e. The first kappa shape index (κ1) is 17.4. The van der Waals surface area contributed by atoms with E-state index in [4.69, 9.17) is 38.4 Å². The summed E-state index contributed by atoms with van der Waals surface area (Å²) in [6.45, 7) is 0. The molecule has 0 fully saturated rings. The average Bonchev–Trinajstić information content (AvgIpc) is 2.62. The quantitative estimate of drug-likeness (QED) is 0.706. The molecule has 130 valence electrons. The van der Waals surface area contributed by atoms with E-state index in [1.54, 1.807) is 19.3 Å². The van der Waals surface area contributed by atoms with Crippen LogP contribution in [0.3, 0.4) is 0 Å². The highest BCUT2D eigenvalue weighted by molar-refractivity contribution is 6.41. The Labute approximate surface area is 154 Å². The predicted molar refractivity (Wildman–Crippen MR) is 102 cm³/mol. The molecule has 0 saturated carbocycles. The number of nitrogens with zero attached hydrogens (tertiary/aromatic N) is 2. The van der Waals surface area contributed by atoms with Crippen LogP contribution in [0.1, 0.15) is 0 Å². The molecule has 0 aliphatic rings. The van der Waals surface area contributed by atoms with Crippen LogP contribution in [0.25, 0.3) is 22.0 Å². The fraction of sp³-hybridized carbons (Fsp3) is 0.176. The molecule has 0 radical (unpaired) electrons. The highest BCUT2D eigenvalue weighted by atomic mass is 35.5. The van der Waals surface area contributed by atoms with Crippen molar-refractivity contribution >= 4 is 45.6 Å². The zero-order valence-electron chi connectivity index (χ0n) is 13.9. The number of hydrogen-bond acceptors (Lipinski definition) is 6. The van der Waals surface area contributed by atoms with Crippen LogP contribution in [-0.2, 0) is 0 Å². The van der Waals surface area contributed by atoms with Gasteiger partial charge in [0, 0.05) is 35.6 Å². The van der Waals surface area contributed by atoms with E-state index in [-0.39, 0.29) is 0 Å². The molecule has 0 aliphatic carbocycles. The van der Waals surface area contributed by atoms with Crippen LogP contribution in [0, 0.1) is 0 Å². The number of fused-ring (bicyclic) bond motifs is 1. The van der Waals surface area contributed by atoms with Gasteiger partial charge in [0.15, 0.2) is 0 Å². The Hall–Kier alpha value is -2.44. The lowest BCUT2D eigenvalue weighted by atomic mass is 10.1. The number of ether oxygens (including phenoxy) is 2. The topological polar surface area (TPSA) is 82.3 Å². The lowest BCUT2D eigenvalue weighted by molar-refractivity contribution is 0.395. The van der Waals surface area contributed by atoms with Crippen LogP contribution in [0.15, 0.2) is 24.4 Å². The van der Waals surface area contributed by atoms with Gasteiger partial charge in [-0.15, -0.1) is 0 Å². The third-order valence-electron chi connectivity index (χ3n) is 3.83. The summed E-state index contributed by atoms with van der Waals surface area (Å²) in [4.78, 5) is 8.77. The molecule has 6 nitrogen and oxygen atoms in total. The van der Waals surface area contributed by atoms with E-state index in [1.165, 1.54) is 14.2 Å². The van der Waals surface area contributed by atoms with E-state index < -0.39 is 0 Å². The molecule has 3 aromatic rings. The van der Waals surface area contributed by atoms with Gasteiger partial charge in [-0.05, 0) is 12.1 Å². The molecule has 3 rings (SSSR count). The minimum Gasteiger partial charge on any atom is -0.495 e. The third-order valence-corrected chi connectivity index (χ3v) is 4.58. The molecule has 0 spiro atoms. The number of hydrogen-bond donors (Lipinski definition) is 2. The molecule has 0 bridgehead atoms. The molecule has 2 heterocycles. The Morgan fingerprint density at radius 1 is 1.04 bits per heavy atom. The summed E-state index contributed by atoms with van der Waals surface area (Å²) in [6.07, 6.45) is 1.71. The molecule has 0 saturated heterocycles. The van der Waals surface area contributed by atoms with E-state index in [2.05, 4.69) is 15.3 Å². The van der Waals surface area contributed by atoms with Crippen molar-refractivity contribution in [3.05, 3.63) is 34.4 Å². The summed E-state index contributed by atoms with van der Waals surface area (Å²) >= 11 is 12.9. The molecule has 8 heteroatoms. The van der Waals surface area contributed by atoms with Crippen molar-refractivity contribution in [2.45, 2.75) is 0 Å². The summed E-state index contributed by atoms with van der Waals surface area (Å²) in [7, 11) is 4.82. The fourth-order valence-electron chi connectivity index (χ4n) is 2.55. The molecule has 0 amide bonds. The van der Waals surface area contributed by atoms with Gasteiger partial charge in [0.05, 0.1) is 30.0 Å². The third kappa shape index (κ3) is 2.99. The monoisotopic (exact) mass is 378 g/mol. The number of nitrogens with two attached hydrogens (primary N) is 1. The van der Waals surface area contributed by atoms with Crippen molar-refractivity contribution in [2.24, 2.45) is 0 Å². The van der Waals surface area contributed by atoms with Gasteiger partial charge in [-0.3, -0.25) is 0 Å². The Kier molecular flexibility index (Phi) is 4.74. The largest absolute Gasteiger partial charge is 0.495 e. The first-order chi connectivity index (χ1) is 12.0. The molecular formula is C17H16Cl2N4O2. The minimum absolute atomic E-state index is 0.333. The van der Waals surface area contributed by atoms with E-state index in [0.29, 0.717) is 44.4 Å². The number of benzene rings is 1. The molecular weight excluding hydrogens is 363 g/mol. The summed E-state index contributed by atoms with van der Waals surface area (Å²) in [5, 5.41) is 5.23. The van der Waals surface area contributed by atoms with Crippen molar-refractivity contribution < 1.29 is 9.47 Å². The number of aromatic nitrogens is 2. The lowest BCUT2D eigenvalue weighted by Crippen LogP contribution is -1.99. The van der Waals surface area contributed by atoms with Crippen LogP contribution in [-0.4, -0.2) is 31.2 Å². The van der Waals surface area contributed by atoms with Crippen LogP contribution in [0.4, 0.5) is 11.6 Å². The normalized spacial score (nSPS) is 10.8. The summed E-state index contributed by atoms with van der Waals surface area (Å²) in [5.41, 5.74) is 7.15. The second-order valence-corrected chi connectivity index (χ2v) is 5.97. The molecule has 1 aromatic carbocycles. The first-order valence-electron chi connectivity index (χ1n) is 7.34. The van der Waals surface area contributed by atoms with Crippen LogP contribution >= 0.6 is 23.2 Å². The van der Waals surface area contributed by atoms with Crippen molar-refractivity contribution in [3.8, 4) is 22.8 Å². The van der Waals surface area contributed by atoms with Crippen molar-refractivity contribution in [2.75, 3.05) is 32.3 Å². The number of nitrogen functional groups attached to an aromatic ring is 1. The number of methoxy groups -OCH3 is 2.